The molecule has 3 N–H and O–H groups in total. The van der Waals surface area contributed by atoms with Gasteiger partial charge in [-0.3, -0.25) is 4.79 Å². The van der Waals surface area contributed by atoms with Crippen molar-refractivity contribution in [3.8, 4) is 11.8 Å². The fourth-order valence-electron chi connectivity index (χ4n) is 2.57. The molecule has 0 spiro atoms. The molecular formula is C14H19IN2O5. The summed E-state index contributed by atoms with van der Waals surface area (Å²) in [7, 11) is 0. The van der Waals surface area contributed by atoms with Crippen molar-refractivity contribution in [2.45, 2.75) is 25.7 Å². The number of carbonyl (C=O) groups is 2. The number of nitrogens with zero attached hydrogens (tertiary/aromatic N) is 1. The van der Waals surface area contributed by atoms with Gasteiger partial charge in [0.2, 0.25) is 17.7 Å². The van der Waals surface area contributed by atoms with Crippen molar-refractivity contribution in [1.82, 2.24) is 10.0 Å². The first-order chi connectivity index (χ1) is 10.5. The van der Waals surface area contributed by atoms with Gasteiger partial charge in [0.1, 0.15) is 0 Å². The Hall–Kier alpha value is -1.45. The summed E-state index contributed by atoms with van der Waals surface area (Å²) in [6, 6.07) is 2.49. The van der Waals surface area contributed by atoms with Crippen LogP contribution < -0.4 is 10.2 Å². The van der Waals surface area contributed by atoms with E-state index in [0.717, 1.165) is 17.6 Å². The number of aromatic hydroxyl groups is 2. The summed E-state index contributed by atoms with van der Waals surface area (Å²) in [5.74, 6) is -0.943. The molecule has 1 aromatic heterocycles. The number of aromatic nitrogens is 1. The van der Waals surface area contributed by atoms with Gasteiger partial charge in [-0.25, -0.2) is 4.79 Å². The van der Waals surface area contributed by atoms with Crippen molar-refractivity contribution < 1.29 is 24.6 Å². The monoisotopic (exact) mass is 422 g/mol. The number of amides is 1. The standard InChI is InChI=1S/C14H19IN2O5/c15-7-11(18)16-8-9-1-3-10(4-2-9)14(21)22-17-12(19)5-6-13(17)20/h5-6,9-10,19-20H,1-4,7-8H2,(H,16,18). The quantitative estimate of drug-likeness (QED) is 0.490. The number of alkyl halides is 1. The van der Waals surface area contributed by atoms with E-state index >= 15 is 0 Å². The summed E-state index contributed by atoms with van der Waals surface area (Å²) in [5, 5.41) is 21.8. The van der Waals surface area contributed by atoms with Crippen molar-refractivity contribution in [2.75, 3.05) is 11.0 Å². The van der Waals surface area contributed by atoms with E-state index in [1.807, 2.05) is 22.6 Å². The lowest BCUT2D eigenvalue weighted by atomic mass is 9.82. The zero-order valence-electron chi connectivity index (χ0n) is 12.0. The molecule has 122 valence electrons. The molecule has 1 fully saturated rings. The van der Waals surface area contributed by atoms with Crippen LogP contribution in [0.2, 0.25) is 0 Å². The van der Waals surface area contributed by atoms with Gasteiger partial charge < -0.3 is 20.4 Å². The predicted molar refractivity (Wildman–Crippen MR) is 86.7 cm³/mol. The predicted octanol–water partition coefficient (Wildman–Crippen LogP) is 1.21. The van der Waals surface area contributed by atoms with E-state index in [0.29, 0.717) is 29.7 Å². The van der Waals surface area contributed by atoms with Crippen LogP contribution in [0.5, 0.6) is 11.8 Å². The summed E-state index contributed by atoms with van der Waals surface area (Å²) in [6.45, 7) is 0.642. The molecule has 0 atom stereocenters. The molecule has 1 aliphatic rings. The lowest BCUT2D eigenvalue weighted by Gasteiger charge is -2.27. The SMILES string of the molecule is O=C(CI)NCC1CCC(C(=O)On2c(O)ccc2O)CC1. The average Bonchev–Trinajstić information content (AvgIpc) is 2.84. The average molecular weight is 422 g/mol. The molecule has 7 nitrogen and oxygen atoms in total. The Morgan fingerprint density at radius 1 is 1.23 bits per heavy atom. The maximum atomic E-state index is 12.1. The van der Waals surface area contributed by atoms with E-state index in [-0.39, 0.29) is 23.6 Å². The topological polar surface area (TPSA) is 101 Å². The molecule has 0 bridgehead atoms. The highest BCUT2D eigenvalue weighted by molar-refractivity contribution is 14.1. The molecule has 1 amide bonds. The van der Waals surface area contributed by atoms with E-state index in [4.69, 9.17) is 4.84 Å². The summed E-state index contributed by atoms with van der Waals surface area (Å²) in [6.07, 6.45) is 3.02. The first-order valence-corrected chi connectivity index (χ1v) is 8.68. The minimum absolute atomic E-state index is 0.0284. The number of hydrogen-bond donors (Lipinski definition) is 3. The largest absolute Gasteiger partial charge is 0.492 e. The highest BCUT2D eigenvalue weighted by Gasteiger charge is 2.29. The third-order valence-electron chi connectivity index (χ3n) is 3.87. The third kappa shape index (κ3) is 4.28. The minimum Gasteiger partial charge on any atom is -0.492 e. The smallest absolute Gasteiger partial charge is 0.336 e. The van der Waals surface area contributed by atoms with E-state index in [9.17, 15) is 19.8 Å². The third-order valence-corrected chi connectivity index (χ3v) is 4.56. The second-order valence-corrected chi connectivity index (χ2v) is 6.17. The molecule has 1 heterocycles. The molecule has 1 saturated carbocycles. The summed E-state index contributed by atoms with van der Waals surface area (Å²) >= 11 is 2.02. The Morgan fingerprint density at radius 3 is 2.36 bits per heavy atom. The molecule has 0 unspecified atom stereocenters. The fourth-order valence-corrected chi connectivity index (χ4v) is 2.84. The van der Waals surface area contributed by atoms with E-state index in [2.05, 4.69) is 5.32 Å². The molecule has 2 rings (SSSR count). The fraction of sp³-hybridized carbons (Fsp3) is 0.571. The van der Waals surface area contributed by atoms with Crippen LogP contribution in [0.25, 0.3) is 0 Å². The Labute approximate surface area is 141 Å². The summed E-state index contributed by atoms with van der Waals surface area (Å²) in [5.41, 5.74) is 0. The lowest BCUT2D eigenvalue weighted by Crippen LogP contribution is -2.34. The van der Waals surface area contributed by atoms with Crippen LogP contribution >= 0.6 is 22.6 Å². The molecule has 0 aromatic carbocycles. The van der Waals surface area contributed by atoms with Gasteiger partial charge in [-0.2, -0.15) is 0 Å². The van der Waals surface area contributed by atoms with Crippen molar-refractivity contribution in [2.24, 2.45) is 11.8 Å². The maximum Gasteiger partial charge on any atom is 0.336 e. The number of hydrogen-bond acceptors (Lipinski definition) is 5. The van der Waals surface area contributed by atoms with E-state index in [1.54, 1.807) is 0 Å². The summed E-state index contributed by atoms with van der Waals surface area (Å²) in [4.78, 5) is 28.3. The zero-order valence-corrected chi connectivity index (χ0v) is 14.2. The van der Waals surface area contributed by atoms with Crippen LogP contribution in [-0.4, -0.2) is 37.8 Å². The number of carbonyl (C=O) groups excluding carboxylic acids is 2. The maximum absolute atomic E-state index is 12.1. The van der Waals surface area contributed by atoms with Crippen LogP contribution in [0, 0.1) is 11.8 Å². The first-order valence-electron chi connectivity index (χ1n) is 7.15. The van der Waals surface area contributed by atoms with Gasteiger partial charge >= 0.3 is 5.97 Å². The molecule has 1 aliphatic carbocycles. The minimum atomic E-state index is -0.462. The number of rotatable bonds is 5. The molecule has 0 saturated heterocycles. The van der Waals surface area contributed by atoms with Crippen molar-refractivity contribution in [1.29, 1.82) is 0 Å². The Balaban J connectivity index is 1.79. The van der Waals surface area contributed by atoms with E-state index in [1.165, 1.54) is 12.1 Å². The van der Waals surface area contributed by atoms with Crippen LogP contribution in [0.1, 0.15) is 25.7 Å². The Morgan fingerprint density at radius 2 is 1.82 bits per heavy atom. The van der Waals surface area contributed by atoms with Crippen LogP contribution in [-0.2, 0) is 9.59 Å². The normalized spacial score (nSPS) is 21.3. The van der Waals surface area contributed by atoms with Crippen LogP contribution in [0.4, 0.5) is 0 Å². The van der Waals surface area contributed by atoms with Gasteiger partial charge in [-0.05, 0) is 31.6 Å². The number of halogens is 1. The molecule has 1 aromatic rings. The highest BCUT2D eigenvalue weighted by Crippen LogP contribution is 2.29. The van der Waals surface area contributed by atoms with Crippen molar-refractivity contribution in [3.63, 3.8) is 0 Å². The lowest BCUT2D eigenvalue weighted by molar-refractivity contribution is -0.151. The van der Waals surface area contributed by atoms with Gasteiger partial charge in [0, 0.05) is 18.7 Å². The van der Waals surface area contributed by atoms with Gasteiger partial charge in [0.05, 0.1) is 10.3 Å². The van der Waals surface area contributed by atoms with Crippen molar-refractivity contribution in [3.05, 3.63) is 12.1 Å². The van der Waals surface area contributed by atoms with Gasteiger partial charge in [-0.15, -0.1) is 4.73 Å². The van der Waals surface area contributed by atoms with Crippen LogP contribution in [0.3, 0.4) is 0 Å². The van der Waals surface area contributed by atoms with Gasteiger partial charge in [-0.1, -0.05) is 22.6 Å². The highest BCUT2D eigenvalue weighted by atomic mass is 127. The van der Waals surface area contributed by atoms with Gasteiger partial charge in [0.15, 0.2) is 0 Å². The Bertz CT molecular complexity index is 518. The molecule has 0 radical (unpaired) electrons. The van der Waals surface area contributed by atoms with Gasteiger partial charge in [0.25, 0.3) is 0 Å². The second kappa shape index (κ2) is 7.70. The van der Waals surface area contributed by atoms with Crippen LogP contribution in [0.15, 0.2) is 12.1 Å². The summed E-state index contributed by atoms with van der Waals surface area (Å²) < 4.78 is 1.17. The molecular weight excluding hydrogens is 403 g/mol. The second-order valence-electron chi connectivity index (χ2n) is 5.41. The Kier molecular flexibility index (Phi) is 5.92. The van der Waals surface area contributed by atoms with E-state index < -0.39 is 5.97 Å². The molecule has 8 heteroatoms. The van der Waals surface area contributed by atoms with Crippen molar-refractivity contribution >= 4 is 34.5 Å². The zero-order chi connectivity index (χ0) is 16.1. The first kappa shape index (κ1) is 16.9. The molecule has 0 aliphatic heterocycles. The molecule has 22 heavy (non-hydrogen) atoms. The number of nitrogens with one attached hydrogen (secondary N) is 1.